The highest BCUT2D eigenvalue weighted by molar-refractivity contribution is 6.06. The molecule has 0 aliphatic carbocycles. The Balaban J connectivity index is 1.57. The summed E-state index contributed by atoms with van der Waals surface area (Å²) in [5.41, 5.74) is 1.75. The van der Waals surface area contributed by atoms with Crippen molar-refractivity contribution < 1.29 is 22.8 Å². The highest BCUT2D eigenvalue weighted by Crippen LogP contribution is 2.24. The number of anilines is 1. The summed E-state index contributed by atoms with van der Waals surface area (Å²) in [5.74, 6) is -1.06. The van der Waals surface area contributed by atoms with Gasteiger partial charge in [-0.15, -0.1) is 0 Å². The van der Waals surface area contributed by atoms with E-state index in [-0.39, 0.29) is 29.1 Å². The molecule has 3 aromatic heterocycles. The molecular weight excluding hydrogens is 461 g/mol. The monoisotopic (exact) mass is 482 g/mol. The van der Waals surface area contributed by atoms with E-state index in [4.69, 9.17) is 0 Å². The Labute approximate surface area is 198 Å². The molecule has 11 heteroatoms. The Morgan fingerprint density at radius 2 is 1.77 bits per heavy atom. The fourth-order valence-corrected chi connectivity index (χ4v) is 3.40. The van der Waals surface area contributed by atoms with Crippen molar-refractivity contribution in [3.05, 3.63) is 83.3 Å². The molecule has 1 aromatic carbocycles. The number of nitrogens with zero attached hydrogens (tertiary/aromatic N) is 4. The van der Waals surface area contributed by atoms with Gasteiger partial charge < -0.3 is 10.6 Å². The first-order valence-electron chi connectivity index (χ1n) is 10.7. The van der Waals surface area contributed by atoms with Gasteiger partial charge in [-0.05, 0) is 43.3 Å². The molecule has 3 heterocycles. The number of carbonyl (C=O) groups is 2. The first kappa shape index (κ1) is 23.9. The van der Waals surface area contributed by atoms with E-state index in [1.165, 1.54) is 12.1 Å². The summed E-state index contributed by atoms with van der Waals surface area (Å²) in [4.78, 5) is 33.5. The third-order valence-electron chi connectivity index (χ3n) is 5.09. The van der Waals surface area contributed by atoms with Crippen LogP contribution in [0.1, 0.15) is 32.1 Å². The Morgan fingerprint density at radius 1 is 1.00 bits per heavy atom. The molecule has 8 nitrogen and oxygen atoms in total. The van der Waals surface area contributed by atoms with Crippen LogP contribution in [-0.4, -0.2) is 44.3 Å². The lowest BCUT2D eigenvalue weighted by Crippen LogP contribution is -2.27. The third-order valence-corrected chi connectivity index (χ3v) is 5.09. The number of rotatable bonds is 7. The number of fused-ring (bicyclic) bond motifs is 1. The van der Waals surface area contributed by atoms with Crippen molar-refractivity contribution in [3.8, 4) is 0 Å². The van der Waals surface area contributed by atoms with Crippen molar-refractivity contribution in [3.63, 3.8) is 0 Å². The van der Waals surface area contributed by atoms with Gasteiger partial charge in [-0.3, -0.25) is 14.6 Å². The number of benzene rings is 1. The molecule has 0 atom stereocenters. The second kappa shape index (κ2) is 9.92. The molecule has 180 valence electrons. The summed E-state index contributed by atoms with van der Waals surface area (Å²) in [7, 11) is 0. The zero-order valence-electron chi connectivity index (χ0n) is 18.6. The second-order valence-electron chi connectivity index (χ2n) is 7.84. The minimum atomic E-state index is -4.59. The number of hydrogen-bond donors (Lipinski definition) is 2. The van der Waals surface area contributed by atoms with Crippen LogP contribution in [0.2, 0.25) is 0 Å². The predicted octanol–water partition coefficient (Wildman–Crippen LogP) is 3.92. The molecule has 0 radical (unpaired) electrons. The molecule has 4 aromatic rings. The minimum absolute atomic E-state index is 0.0357. The normalized spacial score (nSPS) is 11.4. The second-order valence-corrected chi connectivity index (χ2v) is 7.84. The van der Waals surface area contributed by atoms with Crippen molar-refractivity contribution in [2.75, 3.05) is 11.9 Å². The van der Waals surface area contributed by atoms with Crippen molar-refractivity contribution in [2.45, 2.75) is 26.1 Å². The standard InChI is InChI=1S/C24H21F3N6O2/c1-15-5-7-16(8-6-15)22(34)31-19-10-9-18-20(32-33(21(18)30-19)14-24(25,26)27)23(35)29-13-11-17-4-2-3-12-28-17/h2-10,12H,11,13-14H2,1H3,(H,29,35)(H,30,31,34). The Bertz CT molecular complexity index is 1350. The summed E-state index contributed by atoms with van der Waals surface area (Å²) >= 11 is 0. The molecule has 35 heavy (non-hydrogen) atoms. The number of hydrogen-bond acceptors (Lipinski definition) is 5. The molecule has 0 fully saturated rings. The van der Waals surface area contributed by atoms with Crippen molar-refractivity contribution in [1.29, 1.82) is 0 Å². The van der Waals surface area contributed by atoms with Gasteiger partial charge in [0.1, 0.15) is 12.4 Å². The fraction of sp³-hybridized carbons (Fsp3) is 0.208. The topological polar surface area (TPSA) is 102 Å². The molecule has 0 bridgehead atoms. The van der Waals surface area contributed by atoms with Gasteiger partial charge in [0.05, 0.1) is 5.39 Å². The quantitative estimate of drug-likeness (QED) is 0.416. The number of nitrogens with one attached hydrogen (secondary N) is 2. The van der Waals surface area contributed by atoms with E-state index in [9.17, 15) is 22.8 Å². The van der Waals surface area contributed by atoms with E-state index in [1.54, 1.807) is 42.6 Å². The molecule has 0 aliphatic heterocycles. The van der Waals surface area contributed by atoms with E-state index in [0.717, 1.165) is 11.3 Å². The van der Waals surface area contributed by atoms with Crippen molar-refractivity contribution in [2.24, 2.45) is 0 Å². The summed E-state index contributed by atoms with van der Waals surface area (Å²) in [5, 5.41) is 9.25. The van der Waals surface area contributed by atoms with Gasteiger partial charge in [0.2, 0.25) is 0 Å². The van der Waals surface area contributed by atoms with Crippen LogP contribution in [0.15, 0.2) is 60.8 Å². The number of aryl methyl sites for hydroxylation is 1. The van der Waals surface area contributed by atoms with Crippen molar-refractivity contribution in [1.82, 2.24) is 25.1 Å². The molecule has 2 N–H and O–H groups in total. The maximum atomic E-state index is 13.2. The Hall–Kier alpha value is -4.28. The van der Waals surface area contributed by atoms with E-state index >= 15 is 0 Å². The van der Waals surface area contributed by atoms with Crippen LogP contribution in [0.3, 0.4) is 0 Å². The van der Waals surface area contributed by atoms with Gasteiger partial charge in [0.15, 0.2) is 11.3 Å². The van der Waals surface area contributed by atoms with E-state index in [2.05, 4.69) is 25.7 Å². The van der Waals surface area contributed by atoms with Crippen LogP contribution >= 0.6 is 0 Å². The first-order valence-corrected chi connectivity index (χ1v) is 10.7. The molecule has 0 unspecified atom stereocenters. The number of alkyl halides is 3. The van der Waals surface area contributed by atoms with Crippen LogP contribution in [-0.2, 0) is 13.0 Å². The van der Waals surface area contributed by atoms with E-state index in [0.29, 0.717) is 16.7 Å². The number of halogens is 3. The molecular formula is C24H21F3N6O2. The minimum Gasteiger partial charge on any atom is -0.350 e. The predicted molar refractivity (Wildman–Crippen MR) is 123 cm³/mol. The van der Waals surface area contributed by atoms with Gasteiger partial charge in [-0.1, -0.05) is 23.8 Å². The molecule has 0 aliphatic rings. The Morgan fingerprint density at radius 3 is 2.46 bits per heavy atom. The van der Waals surface area contributed by atoms with Crippen LogP contribution in [0.25, 0.3) is 11.0 Å². The van der Waals surface area contributed by atoms with Gasteiger partial charge in [0.25, 0.3) is 11.8 Å². The zero-order valence-corrected chi connectivity index (χ0v) is 18.6. The number of amides is 2. The van der Waals surface area contributed by atoms with Gasteiger partial charge in [-0.2, -0.15) is 18.3 Å². The summed E-state index contributed by atoms with van der Waals surface area (Å²) in [6.45, 7) is 0.667. The Kier molecular flexibility index (Phi) is 6.76. The maximum Gasteiger partial charge on any atom is 0.408 e. The SMILES string of the molecule is Cc1ccc(C(=O)Nc2ccc3c(C(=O)NCCc4ccccn4)nn(CC(F)(F)F)c3n2)cc1. The number of aromatic nitrogens is 4. The van der Waals surface area contributed by atoms with E-state index in [1.807, 2.05) is 13.0 Å². The summed E-state index contributed by atoms with van der Waals surface area (Å²) in [6, 6.07) is 15.0. The van der Waals surface area contributed by atoms with Crippen LogP contribution in [0, 0.1) is 6.92 Å². The summed E-state index contributed by atoms with van der Waals surface area (Å²) < 4.78 is 40.1. The zero-order chi connectivity index (χ0) is 25.0. The molecule has 4 rings (SSSR count). The highest BCUT2D eigenvalue weighted by Gasteiger charge is 2.31. The lowest BCUT2D eigenvalue weighted by atomic mass is 10.1. The van der Waals surface area contributed by atoms with Crippen LogP contribution < -0.4 is 10.6 Å². The highest BCUT2D eigenvalue weighted by atomic mass is 19.4. The van der Waals surface area contributed by atoms with Gasteiger partial charge in [0, 0.05) is 30.4 Å². The molecule has 0 saturated heterocycles. The molecule has 0 spiro atoms. The lowest BCUT2D eigenvalue weighted by Gasteiger charge is -2.08. The van der Waals surface area contributed by atoms with E-state index < -0.39 is 24.5 Å². The summed E-state index contributed by atoms with van der Waals surface area (Å²) in [6.07, 6.45) is -2.51. The number of pyridine rings is 2. The van der Waals surface area contributed by atoms with Gasteiger partial charge in [-0.25, -0.2) is 9.67 Å². The molecule has 0 saturated carbocycles. The number of carbonyl (C=O) groups excluding carboxylic acids is 2. The largest absolute Gasteiger partial charge is 0.408 e. The average Bonchev–Trinajstić information content (AvgIpc) is 3.16. The third kappa shape index (κ3) is 5.99. The van der Waals surface area contributed by atoms with Crippen LogP contribution in [0.5, 0.6) is 0 Å². The van der Waals surface area contributed by atoms with Crippen LogP contribution in [0.4, 0.5) is 19.0 Å². The smallest absolute Gasteiger partial charge is 0.350 e. The molecule has 2 amide bonds. The lowest BCUT2D eigenvalue weighted by molar-refractivity contribution is -0.142. The van der Waals surface area contributed by atoms with Gasteiger partial charge >= 0.3 is 6.18 Å². The average molecular weight is 482 g/mol. The van der Waals surface area contributed by atoms with Crippen molar-refractivity contribution >= 4 is 28.7 Å². The first-order chi connectivity index (χ1) is 16.7. The maximum absolute atomic E-state index is 13.2. The fourth-order valence-electron chi connectivity index (χ4n) is 3.40.